The molecule has 26 heavy (non-hydrogen) atoms. The van der Waals surface area contributed by atoms with Crippen molar-refractivity contribution in [3.05, 3.63) is 0 Å². The van der Waals surface area contributed by atoms with Crippen molar-refractivity contribution >= 4 is 35.8 Å². The van der Waals surface area contributed by atoms with Gasteiger partial charge in [-0.1, -0.05) is 13.8 Å². The van der Waals surface area contributed by atoms with E-state index in [0.717, 1.165) is 19.4 Å². The van der Waals surface area contributed by atoms with Gasteiger partial charge in [0.1, 0.15) is 12.6 Å². The number of carbonyl (C=O) groups is 1. The fourth-order valence-corrected chi connectivity index (χ4v) is 2.64. The molecule has 1 spiro atoms. The van der Waals surface area contributed by atoms with Crippen molar-refractivity contribution in [3.8, 4) is 0 Å². The molecule has 8 nitrogen and oxygen atoms in total. The smallest absolute Gasteiger partial charge is 0.243 e. The molecule has 2 aliphatic heterocycles. The summed E-state index contributed by atoms with van der Waals surface area (Å²) in [5, 5.41) is 6.53. The van der Waals surface area contributed by atoms with Crippen LogP contribution in [0.5, 0.6) is 0 Å². The van der Waals surface area contributed by atoms with Crippen LogP contribution in [0, 0.1) is 5.92 Å². The SMILES string of the molecule is CC(C)CNC(=NCC(=O)N(C)C)NCC1COC2(CCOCC2)O1.I. The fourth-order valence-electron chi connectivity index (χ4n) is 2.64. The average molecular weight is 484 g/mol. The second-order valence-electron chi connectivity index (χ2n) is 7.18. The Labute approximate surface area is 173 Å². The van der Waals surface area contributed by atoms with Gasteiger partial charge in [0.25, 0.3) is 0 Å². The molecule has 1 unspecified atom stereocenters. The molecule has 2 aliphatic rings. The number of hydrogen-bond acceptors (Lipinski definition) is 5. The van der Waals surface area contributed by atoms with E-state index >= 15 is 0 Å². The fraction of sp³-hybridized carbons (Fsp3) is 0.882. The van der Waals surface area contributed by atoms with Crippen molar-refractivity contribution < 1.29 is 19.0 Å². The molecule has 1 atom stereocenters. The second-order valence-corrected chi connectivity index (χ2v) is 7.18. The van der Waals surface area contributed by atoms with Crippen LogP contribution in [0.4, 0.5) is 0 Å². The number of hydrogen-bond donors (Lipinski definition) is 2. The molecule has 0 aliphatic carbocycles. The maximum absolute atomic E-state index is 11.8. The summed E-state index contributed by atoms with van der Waals surface area (Å²) < 4.78 is 17.4. The maximum atomic E-state index is 11.8. The van der Waals surface area contributed by atoms with Crippen LogP contribution in [0.15, 0.2) is 4.99 Å². The van der Waals surface area contributed by atoms with E-state index in [0.29, 0.717) is 38.2 Å². The van der Waals surface area contributed by atoms with E-state index in [-0.39, 0.29) is 42.5 Å². The second kappa shape index (κ2) is 11.3. The van der Waals surface area contributed by atoms with E-state index < -0.39 is 5.79 Å². The third kappa shape index (κ3) is 7.53. The van der Waals surface area contributed by atoms with E-state index in [1.54, 1.807) is 14.1 Å². The lowest BCUT2D eigenvalue weighted by Gasteiger charge is -2.31. The third-order valence-corrected chi connectivity index (χ3v) is 4.21. The van der Waals surface area contributed by atoms with Gasteiger partial charge in [-0.25, -0.2) is 4.99 Å². The number of likely N-dealkylation sites (N-methyl/N-ethyl adjacent to an activating group) is 1. The lowest BCUT2D eigenvalue weighted by atomic mass is 10.1. The van der Waals surface area contributed by atoms with Crippen molar-refractivity contribution in [1.82, 2.24) is 15.5 Å². The highest BCUT2D eigenvalue weighted by atomic mass is 127. The number of aliphatic imine (C=N–C) groups is 1. The Morgan fingerprint density at radius 3 is 2.58 bits per heavy atom. The minimum Gasteiger partial charge on any atom is -0.381 e. The number of guanidine groups is 1. The Balaban J connectivity index is 0.00000338. The van der Waals surface area contributed by atoms with Crippen molar-refractivity contribution in [2.24, 2.45) is 10.9 Å². The standard InChI is InChI=1S/C17H32N4O4.HI/c1-13(2)9-18-16(20-11-15(22)21(3)4)19-10-14-12-24-17(25-14)5-7-23-8-6-17;/h13-14H,5-12H2,1-4H3,(H2,18,19,20);1H. The van der Waals surface area contributed by atoms with E-state index in [4.69, 9.17) is 14.2 Å². The van der Waals surface area contributed by atoms with Crippen molar-refractivity contribution in [2.45, 2.75) is 38.6 Å². The molecule has 0 aromatic heterocycles. The van der Waals surface area contributed by atoms with Gasteiger partial charge in [0.15, 0.2) is 11.7 Å². The van der Waals surface area contributed by atoms with Crippen molar-refractivity contribution in [2.75, 3.05) is 53.6 Å². The number of nitrogens with zero attached hydrogens (tertiary/aromatic N) is 2. The Hall–Kier alpha value is -0.650. The van der Waals surface area contributed by atoms with E-state index in [1.807, 2.05) is 0 Å². The Morgan fingerprint density at radius 2 is 1.96 bits per heavy atom. The zero-order chi connectivity index (χ0) is 18.3. The highest BCUT2D eigenvalue weighted by Gasteiger charge is 2.42. The summed E-state index contributed by atoms with van der Waals surface area (Å²) in [6, 6.07) is 0. The average Bonchev–Trinajstić information content (AvgIpc) is 2.96. The highest BCUT2D eigenvalue weighted by molar-refractivity contribution is 14.0. The van der Waals surface area contributed by atoms with E-state index in [9.17, 15) is 4.79 Å². The van der Waals surface area contributed by atoms with Crippen LogP contribution in [0.3, 0.4) is 0 Å². The van der Waals surface area contributed by atoms with Gasteiger partial charge in [-0.05, 0) is 5.92 Å². The molecular formula is C17H33IN4O4. The molecule has 9 heteroatoms. The summed E-state index contributed by atoms with van der Waals surface area (Å²) >= 11 is 0. The molecule has 0 aromatic carbocycles. The van der Waals surface area contributed by atoms with Gasteiger partial charge in [-0.15, -0.1) is 24.0 Å². The van der Waals surface area contributed by atoms with Gasteiger partial charge in [-0.2, -0.15) is 0 Å². The summed E-state index contributed by atoms with van der Waals surface area (Å²) in [7, 11) is 3.45. The van der Waals surface area contributed by atoms with Crippen LogP contribution in [-0.2, 0) is 19.0 Å². The molecule has 2 rings (SSSR count). The summed E-state index contributed by atoms with van der Waals surface area (Å²) in [5.41, 5.74) is 0. The predicted molar refractivity (Wildman–Crippen MR) is 111 cm³/mol. The van der Waals surface area contributed by atoms with E-state index in [1.165, 1.54) is 4.90 Å². The van der Waals surface area contributed by atoms with Crippen molar-refractivity contribution in [3.63, 3.8) is 0 Å². The molecule has 152 valence electrons. The highest BCUT2D eigenvalue weighted by Crippen LogP contribution is 2.32. The quantitative estimate of drug-likeness (QED) is 0.330. The van der Waals surface area contributed by atoms with Gasteiger partial charge >= 0.3 is 0 Å². The number of carbonyl (C=O) groups excluding carboxylic acids is 1. The number of ether oxygens (including phenoxy) is 3. The van der Waals surface area contributed by atoms with Gasteiger partial charge in [-0.3, -0.25) is 4.79 Å². The minimum atomic E-state index is -0.478. The molecule has 2 saturated heterocycles. The minimum absolute atomic E-state index is 0. The first-order chi connectivity index (χ1) is 11.9. The Morgan fingerprint density at radius 1 is 1.27 bits per heavy atom. The molecule has 2 fully saturated rings. The molecule has 0 bridgehead atoms. The summed E-state index contributed by atoms with van der Waals surface area (Å²) in [6.07, 6.45) is 1.51. The number of rotatable bonds is 6. The van der Waals surface area contributed by atoms with Crippen LogP contribution in [0.1, 0.15) is 26.7 Å². The molecule has 0 aromatic rings. The zero-order valence-electron chi connectivity index (χ0n) is 16.2. The van der Waals surface area contributed by atoms with Crippen LogP contribution in [0.25, 0.3) is 0 Å². The lowest BCUT2D eigenvalue weighted by molar-refractivity contribution is -0.210. The first-order valence-electron chi connectivity index (χ1n) is 9.02. The van der Waals surface area contributed by atoms with Crippen LogP contribution in [-0.4, -0.2) is 82.2 Å². The topological polar surface area (TPSA) is 84.4 Å². The first-order valence-corrected chi connectivity index (χ1v) is 9.02. The Bertz CT molecular complexity index is 468. The Kier molecular flexibility index (Phi) is 10.1. The molecule has 0 radical (unpaired) electrons. The summed E-state index contributed by atoms with van der Waals surface area (Å²) in [4.78, 5) is 17.7. The maximum Gasteiger partial charge on any atom is 0.243 e. The van der Waals surface area contributed by atoms with Gasteiger partial charge in [0, 0.05) is 40.0 Å². The number of nitrogens with one attached hydrogen (secondary N) is 2. The summed E-state index contributed by atoms with van der Waals surface area (Å²) in [5.74, 6) is 0.592. The van der Waals surface area contributed by atoms with Crippen LogP contribution in [0.2, 0.25) is 0 Å². The van der Waals surface area contributed by atoms with Crippen LogP contribution >= 0.6 is 24.0 Å². The van der Waals surface area contributed by atoms with Gasteiger partial charge in [0.05, 0.1) is 19.8 Å². The molecule has 2 N–H and O–H groups in total. The number of halogens is 1. The monoisotopic (exact) mass is 484 g/mol. The lowest BCUT2D eigenvalue weighted by Crippen LogP contribution is -2.44. The molecule has 1 amide bonds. The van der Waals surface area contributed by atoms with Gasteiger partial charge in [0.2, 0.25) is 5.91 Å². The van der Waals surface area contributed by atoms with Crippen molar-refractivity contribution in [1.29, 1.82) is 0 Å². The van der Waals surface area contributed by atoms with Crippen LogP contribution < -0.4 is 10.6 Å². The largest absolute Gasteiger partial charge is 0.381 e. The normalized spacial score (nSPS) is 22.2. The molecule has 2 heterocycles. The number of amides is 1. The summed E-state index contributed by atoms with van der Waals surface area (Å²) in [6.45, 7) is 7.64. The zero-order valence-corrected chi connectivity index (χ0v) is 18.6. The molecular weight excluding hydrogens is 451 g/mol. The van der Waals surface area contributed by atoms with Gasteiger partial charge < -0.3 is 29.7 Å². The third-order valence-electron chi connectivity index (χ3n) is 4.21. The first kappa shape index (κ1) is 23.4. The van der Waals surface area contributed by atoms with E-state index in [2.05, 4.69) is 29.5 Å². The predicted octanol–water partition coefficient (Wildman–Crippen LogP) is 0.806. The molecule has 0 saturated carbocycles.